The van der Waals surface area contributed by atoms with Crippen LogP contribution in [0.2, 0.25) is 0 Å². The number of nitrogens with zero attached hydrogens (tertiary/aromatic N) is 3. The summed E-state index contributed by atoms with van der Waals surface area (Å²) >= 11 is 1.32. The van der Waals surface area contributed by atoms with Crippen LogP contribution in [0.3, 0.4) is 0 Å². The van der Waals surface area contributed by atoms with Crippen LogP contribution in [-0.2, 0) is 22.6 Å². The summed E-state index contributed by atoms with van der Waals surface area (Å²) in [4.78, 5) is 24.4. The molecule has 0 saturated carbocycles. The van der Waals surface area contributed by atoms with Crippen LogP contribution in [0.4, 0.5) is 11.4 Å². The molecule has 0 radical (unpaired) electrons. The van der Waals surface area contributed by atoms with Gasteiger partial charge in [0.1, 0.15) is 11.6 Å². The average molecular weight is 440 g/mol. The van der Waals surface area contributed by atoms with Crippen molar-refractivity contribution in [2.75, 3.05) is 23.5 Å². The third kappa shape index (κ3) is 6.58. The van der Waals surface area contributed by atoms with Crippen LogP contribution in [-0.4, -0.2) is 39.4 Å². The number of hydrogen-bond acceptors (Lipinski definition) is 6. The highest BCUT2D eigenvalue weighted by Gasteiger charge is 2.14. The number of amides is 2. The Kier molecular flexibility index (Phi) is 8.05. The van der Waals surface area contributed by atoms with Crippen LogP contribution < -0.4 is 15.4 Å². The maximum atomic E-state index is 12.3. The van der Waals surface area contributed by atoms with Crippen LogP contribution in [0.1, 0.15) is 19.2 Å². The number of carbonyl (C=O) groups excluding carboxylic acids is 2. The van der Waals surface area contributed by atoms with E-state index < -0.39 is 0 Å². The molecule has 0 unspecified atom stereocenters. The lowest BCUT2D eigenvalue weighted by atomic mass is 10.2. The van der Waals surface area contributed by atoms with Gasteiger partial charge in [0.25, 0.3) is 0 Å². The van der Waals surface area contributed by atoms with Crippen LogP contribution in [0.15, 0.2) is 59.8 Å². The maximum absolute atomic E-state index is 12.3. The first-order chi connectivity index (χ1) is 15.1. The van der Waals surface area contributed by atoms with Crippen molar-refractivity contribution in [1.29, 1.82) is 0 Å². The van der Waals surface area contributed by atoms with Gasteiger partial charge in [0, 0.05) is 30.8 Å². The fourth-order valence-corrected chi connectivity index (χ4v) is 3.72. The van der Waals surface area contributed by atoms with Gasteiger partial charge in [0.2, 0.25) is 11.8 Å². The van der Waals surface area contributed by atoms with Crippen LogP contribution >= 0.6 is 11.8 Å². The zero-order valence-corrected chi connectivity index (χ0v) is 18.3. The zero-order chi connectivity index (χ0) is 22.1. The molecule has 1 heterocycles. The van der Waals surface area contributed by atoms with E-state index in [1.807, 2.05) is 41.8 Å². The highest BCUT2D eigenvalue weighted by molar-refractivity contribution is 7.99. The number of thioether (sulfide) groups is 1. The lowest BCUT2D eigenvalue weighted by Gasteiger charge is -2.08. The second kappa shape index (κ2) is 11.2. The van der Waals surface area contributed by atoms with Gasteiger partial charge in [0.05, 0.1) is 12.9 Å². The van der Waals surface area contributed by atoms with E-state index in [1.165, 1.54) is 11.8 Å². The molecule has 2 aromatic carbocycles. The molecule has 0 bridgehead atoms. The van der Waals surface area contributed by atoms with Gasteiger partial charge in [-0.1, -0.05) is 30.0 Å². The van der Waals surface area contributed by atoms with Gasteiger partial charge in [0.15, 0.2) is 5.16 Å². The van der Waals surface area contributed by atoms with E-state index in [4.69, 9.17) is 4.74 Å². The van der Waals surface area contributed by atoms with E-state index >= 15 is 0 Å². The van der Waals surface area contributed by atoms with E-state index in [1.54, 1.807) is 31.4 Å². The van der Waals surface area contributed by atoms with Gasteiger partial charge >= 0.3 is 0 Å². The smallest absolute Gasteiger partial charge is 0.234 e. The van der Waals surface area contributed by atoms with Gasteiger partial charge in [-0.3, -0.25) is 9.59 Å². The molecular formula is C22H25N5O3S. The largest absolute Gasteiger partial charge is 0.497 e. The number of ether oxygens (including phenoxy) is 1. The standard InChI is InChI=1S/C22H25N5O3S/c1-3-27-19(13-14-20(28)23-16-7-5-4-6-8-16)25-26-22(27)31-15-21(29)24-17-9-11-18(30-2)12-10-17/h4-12H,3,13-15H2,1-2H3,(H,23,28)(H,24,29). The summed E-state index contributed by atoms with van der Waals surface area (Å²) in [6, 6.07) is 16.5. The molecule has 0 aliphatic carbocycles. The van der Waals surface area contributed by atoms with Crippen LogP contribution in [0.5, 0.6) is 5.75 Å². The number of hydrogen-bond donors (Lipinski definition) is 2. The van der Waals surface area contributed by atoms with Crippen molar-refractivity contribution in [3.8, 4) is 5.75 Å². The summed E-state index contributed by atoms with van der Waals surface area (Å²) in [5, 5.41) is 14.8. The molecule has 0 fully saturated rings. The molecule has 0 aliphatic heterocycles. The molecular weight excluding hydrogens is 414 g/mol. The Morgan fingerprint density at radius 2 is 1.65 bits per heavy atom. The fourth-order valence-electron chi connectivity index (χ4n) is 2.90. The minimum absolute atomic E-state index is 0.0788. The Balaban J connectivity index is 1.50. The predicted octanol–water partition coefficient (Wildman–Crippen LogP) is 3.61. The number of carbonyl (C=O) groups is 2. The lowest BCUT2D eigenvalue weighted by Crippen LogP contribution is -2.15. The molecule has 0 aliphatic rings. The molecule has 0 spiro atoms. The molecule has 9 heteroatoms. The first-order valence-electron chi connectivity index (χ1n) is 9.92. The quantitative estimate of drug-likeness (QED) is 0.468. The van der Waals surface area contributed by atoms with E-state index in [9.17, 15) is 9.59 Å². The van der Waals surface area contributed by atoms with Crippen LogP contribution in [0.25, 0.3) is 0 Å². The summed E-state index contributed by atoms with van der Waals surface area (Å²) in [5.74, 6) is 1.45. The maximum Gasteiger partial charge on any atom is 0.234 e. The van der Waals surface area contributed by atoms with Crippen molar-refractivity contribution in [1.82, 2.24) is 14.8 Å². The number of aromatic nitrogens is 3. The van der Waals surface area contributed by atoms with Crippen molar-refractivity contribution < 1.29 is 14.3 Å². The van der Waals surface area contributed by atoms with E-state index in [2.05, 4.69) is 20.8 Å². The highest BCUT2D eigenvalue weighted by atomic mass is 32.2. The molecule has 0 saturated heterocycles. The Morgan fingerprint density at radius 1 is 0.968 bits per heavy atom. The Bertz CT molecular complexity index is 1010. The SMILES string of the molecule is CCn1c(CCC(=O)Nc2ccccc2)nnc1SCC(=O)Nc1ccc(OC)cc1. The van der Waals surface area contributed by atoms with Gasteiger partial charge < -0.3 is 19.9 Å². The van der Waals surface area contributed by atoms with Crippen molar-refractivity contribution >= 4 is 35.0 Å². The number of rotatable bonds is 10. The number of methoxy groups -OCH3 is 1. The molecule has 8 nitrogen and oxygen atoms in total. The number of para-hydroxylation sites is 1. The number of nitrogens with one attached hydrogen (secondary N) is 2. The molecule has 162 valence electrons. The first kappa shape index (κ1) is 22.4. The third-order valence-electron chi connectivity index (χ3n) is 4.45. The highest BCUT2D eigenvalue weighted by Crippen LogP contribution is 2.19. The molecule has 3 rings (SSSR count). The molecule has 1 aromatic heterocycles. The second-order valence-electron chi connectivity index (χ2n) is 6.62. The summed E-state index contributed by atoms with van der Waals surface area (Å²) in [6.45, 7) is 2.64. The van der Waals surface area contributed by atoms with Gasteiger partial charge in [-0.2, -0.15) is 0 Å². The minimum atomic E-state index is -0.135. The van der Waals surface area contributed by atoms with E-state index in [-0.39, 0.29) is 17.6 Å². The van der Waals surface area contributed by atoms with Crippen molar-refractivity contribution in [3.05, 3.63) is 60.4 Å². The van der Waals surface area contributed by atoms with Crippen molar-refractivity contribution in [2.24, 2.45) is 0 Å². The van der Waals surface area contributed by atoms with Crippen molar-refractivity contribution in [2.45, 2.75) is 31.5 Å². The van der Waals surface area contributed by atoms with Crippen LogP contribution in [0, 0.1) is 0 Å². The summed E-state index contributed by atoms with van der Waals surface area (Å²) < 4.78 is 7.04. The fraction of sp³-hybridized carbons (Fsp3) is 0.273. The summed E-state index contributed by atoms with van der Waals surface area (Å²) in [5.41, 5.74) is 1.47. The summed E-state index contributed by atoms with van der Waals surface area (Å²) in [7, 11) is 1.60. The van der Waals surface area contributed by atoms with Crippen molar-refractivity contribution in [3.63, 3.8) is 0 Å². The topological polar surface area (TPSA) is 98.1 Å². The number of benzene rings is 2. The predicted molar refractivity (Wildman–Crippen MR) is 121 cm³/mol. The van der Waals surface area contributed by atoms with E-state index in [0.29, 0.717) is 30.2 Å². The first-order valence-corrected chi connectivity index (χ1v) is 10.9. The monoisotopic (exact) mass is 439 g/mol. The van der Waals surface area contributed by atoms with Gasteiger partial charge in [-0.25, -0.2) is 0 Å². The number of aryl methyl sites for hydroxylation is 1. The molecule has 2 N–H and O–H groups in total. The third-order valence-corrected chi connectivity index (χ3v) is 5.42. The van der Waals surface area contributed by atoms with Gasteiger partial charge in [-0.15, -0.1) is 10.2 Å². The lowest BCUT2D eigenvalue weighted by molar-refractivity contribution is -0.116. The molecule has 31 heavy (non-hydrogen) atoms. The average Bonchev–Trinajstić information content (AvgIpc) is 3.19. The normalized spacial score (nSPS) is 10.5. The molecule has 0 atom stereocenters. The molecule has 2 amide bonds. The minimum Gasteiger partial charge on any atom is -0.497 e. The number of anilines is 2. The Labute approximate surface area is 185 Å². The summed E-state index contributed by atoms with van der Waals surface area (Å²) in [6.07, 6.45) is 0.772. The zero-order valence-electron chi connectivity index (χ0n) is 17.5. The Morgan fingerprint density at radius 3 is 2.32 bits per heavy atom. The molecule has 3 aromatic rings. The Hall–Kier alpha value is -3.33. The van der Waals surface area contributed by atoms with Gasteiger partial charge in [-0.05, 0) is 43.3 Å². The van der Waals surface area contributed by atoms with E-state index in [0.717, 1.165) is 17.3 Å². The second-order valence-corrected chi connectivity index (χ2v) is 7.57.